The normalized spacial score (nSPS) is 12.1. The molecule has 30 heavy (non-hydrogen) atoms. The van der Waals surface area contributed by atoms with Crippen LogP contribution in [0.1, 0.15) is 6.92 Å². The molecule has 0 saturated heterocycles. The number of anilines is 1. The van der Waals surface area contributed by atoms with E-state index in [4.69, 9.17) is 4.74 Å². The van der Waals surface area contributed by atoms with Gasteiger partial charge in [-0.05, 0) is 30.3 Å². The average molecular weight is 414 g/mol. The lowest BCUT2D eigenvalue weighted by Crippen LogP contribution is -2.25. The van der Waals surface area contributed by atoms with Crippen molar-refractivity contribution in [3.8, 4) is 11.5 Å². The maximum absolute atomic E-state index is 13.9. The van der Waals surface area contributed by atoms with Gasteiger partial charge in [0.25, 0.3) is 5.56 Å². The van der Waals surface area contributed by atoms with E-state index in [2.05, 4.69) is 30.7 Å². The van der Waals surface area contributed by atoms with E-state index in [1.807, 2.05) is 6.92 Å². The van der Waals surface area contributed by atoms with Crippen LogP contribution in [0, 0.1) is 11.6 Å². The van der Waals surface area contributed by atoms with Crippen molar-refractivity contribution in [2.45, 2.75) is 19.5 Å². The van der Waals surface area contributed by atoms with Crippen LogP contribution in [0.4, 0.5) is 14.7 Å². The SMILES string of the molecule is C[C@H](Cn1ncnn1)Nc1ncc2cc(Oc3ccc(F)cc3F)c(=O)n(C)c2n1. The number of tetrazole rings is 1. The second-order valence-corrected chi connectivity index (χ2v) is 6.56. The van der Waals surface area contributed by atoms with Crippen LogP contribution in [0.15, 0.2) is 41.6 Å². The van der Waals surface area contributed by atoms with Crippen molar-refractivity contribution in [1.82, 2.24) is 34.7 Å². The Morgan fingerprint density at radius 1 is 1.23 bits per heavy atom. The van der Waals surface area contributed by atoms with E-state index in [9.17, 15) is 13.6 Å². The number of hydrogen-bond acceptors (Lipinski definition) is 8. The Morgan fingerprint density at radius 3 is 2.80 bits per heavy atom. The van der Waals surface area contributed by atoms with E-state index < -0.39 is 17.2 Å². The molecule has 0 aliphatic heterocycles. The molecular formula is C18H16F2N8O2. The predicted molar refractivity (Wildman–Crippen MR) is 102 cm³/mol. The minimum atomic E-state index is -0.913. The number of pyridine rings is 1. The summed E-state index contributed by atoms with van der Waals surface area (Å²) >= 11 is 0. The lowest BCUT2D eigenvalue weighted by Gasteiger charge is -2.14. The molecule has 4 rings (SSSR count). The van der Waals surface area contributed by atoms with Gasteiger partial charge in [0.2, 0.25) is 5.95 Å². The van der Waals surface area contributed by atoms with Gasteiger partial charge in [-0.15, -0.1) is 10.2 Å². The highest BCUT2D eigenvalue weighted by Gasteiger charge is 2.14. The molecule has 0 bridgehead atoms. The number of fused-ring (bicyclic) bond motifs is 1. The molecule has 1 aromatic carbocycles. The fraction of sp³-hybridized carbons (Fsp3) is 0.222. The van der Waals surface area contributed by atoms with E-state index in [0.29, 0.717) is 29.6 Å². The number of aromatic nitrogens is 7. The van der Waals surface area contributed by atoms with Gasteiger partial charge in [0.05, 0.1) is 6.54 Å². The highest BCUT2D eigenvalue weighted by atomic mass is 19.1. The molecule has 0 amide bonds. The number of halogens is 2. The maximum atomic E-state index is 13.9. The molecule has 0 fully saturated rings. The van der Waals surface area contributed by atoms with Crippen LogP contribution in [0.3, 0.4) is 0 Å². The third-order valence-corrected chi connectivity index (χ3v) is 4.23. The van der Waals surface area contributed by atoms with E-state index in [0.717, 1.165) is 12.1 Å². The Morgan fingerprint density at radius 2 is 2.07 bits per heavy atom. The van der Waals surface area contributed by atoms with Crippen molar-refractivity contribution in [2.75, 3.05) is 5.32 Å². The zero-order valence-corrected chi connectivity index (χ0v) is 16.0. The maximum Gasteiger partial charge on any atom is 0.294 e. The van der Waals surface area contributed by atoms with Crippen LogP contribution in [0.5, 0.6) is 11.5 Å². The van der Waals surface area contributed by atoms with Gasteiger partial charge in [-0.25, -0.2) is 13.8 Å². The quantitative estimate of drug-likeness (QED) is 0.509. The van der Waals surface area contributed by atoms with Crippen molar-refractivity contribution < 1.29 is 13.5 Å². The average Bonchev–Trinajstić information content (AvgIpc) is 3.21. The van der Waals surface area contributed by atoms with Crippen molar-refractivity contribution in [3.63, 3.8) is 0 Å². The van der Waals surface area contributed by atoms with E-state index in [-0.39, 0.29) is 17.5 Å². The first-order chi connectivity index (χ1) is 14.4. The van der Waals surface area contributed by atoms with Crippen LogP contribution < -0.4 is 15.6 Å². The summed E-state index contributed by atoms with van der Waals surface area (Å²) < 4.78 is 33.6. The fourth-order valence-corrected chi connectivity index (χ4v) is 2.82. The van der Waals surface area contributed by atoms with Crippen LogP contribution in [0.2, 0.25) is 0 Å². The van der Waals surface area contributed by atoms with Crippen LogP contribution in [-0.4, -0.2) is 40.8 Å². The largest absolute Gasteiger partial charge is 0.448 e. The molecule has 0 aliphatic rings. The molecule has 3 heterocycles. The van der Waals surface area contributed by atoms with Crippen LogP contribution in [-0.2, 0) is 13.6 Å². The molecule has 3 aromatic heterocycles. The number of aryl methyl sites for hydroxylation is 1. The third-order valence-electron chi connectivity index (χ3n) is 4.23. The van der Waals surface area contributed by atoms with Gasteiger partial charge < -0.3 is 10.1 Å². The monoisotopic (exact) mass is 414 g/mol. The lowest BCUT2D eigenvalue weighted by atomic mass is 10.3. The van der Waals surface area contributed by atoms with Gasteiger partial charge in [0.1, 0.15) is 11.5 Å². The lowest BCUT2D eigenvalue weighted by molar-refractivity contribution is 0.430. The summed E-state index contributed by atoms with van der Waals surface area (Å²) in [5.74, 6) is -1.74. The summed E-state index contributed by atoms with van der Waals surface area (Å²) in [6, 6.07) is 4.13. The molecule has 0 spiro atoms. The van der Waals surface area contributed by atoms with Gasteiger partial charge in [-0.3, -0.25) is 9.36 Å². The molecule has 1 N–H and O–H groups in total. The molecule has 1 atom stereocenters. The minimum absolute atomic E-state index is 0.113. The number of rotatable bonds is 6. The Balaban J connectivity index is 1.61. The highest BCUT2D eigenvalue weighted by Crippen LogP contribution is 2.25. The Kier molecular flexibility index (Phi) is 5.04. The van der Waals surface area contributed by atoms with Crippen molar-refractivity contribution in [2.24, 2.45) is 7.05 Å². The molecule has 0 saturated carbocycles. The second kappa shape index (κ2) is 7.81. The molecule has 12 heteroatoms. The summed E-state index contributed by atoms with van der Waals surface area (Å²) in [6.45, 7) is 2.33. The molecule has 0 radical (unpaired) electrons. The molecule has 10 nitrogen and oxygen atoms in total. The van der Waals surface area contributed by atoms with E-state index >= 15 is 0 Å². The van der Waals surface area contributed by atoms with Crippen LogP contribution >= 0.6 is 0 Å². The molecule has 0 aliphatic carbocycles. The van der Waals surface area contributed by atoms with Gasteiger partial charge in [0, 0.05) is 30.7 Å². The van der Waals surface area contributed by atoms with Gasteiger partial charge >= 0.3 is 0 Å². The van der Waals surface area contributed by atoms with Crippen LogP contribution in [0.25, 0.3) is 11.0 Å². The zero-order chi connectivity index (χ0) is 21.3. The minimum Gasteiger partial charge on any atom is -0.448 e. The Labute approximate surface area is 168 Å². The Bertz CT molecular complexity index is 1260. The molecule has 154 valence electrons. The topological polar surface area (TPSA) is 113 Å². The molecular weight excluding hydrogens is 398 g/mol. The van der Waals surface area contributed by atoms with Gasteiger partial charge in [0.15, 0.2) is 23.6 Å². The Hall–Kier alpha value is -3.96. The van der Waals surface area contributed by atoms with E-state index in [1.54, 1.807) is 0 Å². The first-order valence-corrected chi connectivity index (χ1v) is 8.87. The number of nitrogens with one attached hydrogen (secondary N) is 1. The smallest absolute Gasteiger partial charge is 0.294 e. The zero-order valence-electron chi connectivity index (χ0n) is 16.0. The number of ether oxygens (including phenoxy) is 1. The first kappa shape index (κ1) is 19.4. The summed E-state index contributed by atoms with van der Waals surface area (Å²) in [5, 5.41) is 15.0. The summed E-state index contributed by atoms with van der Waals surface area (Å²) in [5.41, 5.74) is -0.175. The first-order valence-electron chi connectivity index (χ1n) is 8.87. The molecule has 0 unspecified atom stereocenters. The van der Waals surface area contributed by atoms with Gasteiger partial charge in [-0.1, -0.05) is 0 Å². The van der Waals surface area contributed by atoms with E-state index in [1.165, 1.54) is 35.0 Å². The predicted octanol–water partition coefficient (Wildman–Crippen LogP) is 1.89. The second-order valence-electron chi connectivity index (χ2n) is 6.56. The van der Waals surface area contributed by atoms with Crippen molar-refractivity contribution >= 4 is 17.0 Å². The number of benzene rings is 1. The number of hydrogen-bond donors (Lipinski definition) is 1. The fourth-order valence-electron chi connectivity index (χ4n) is 2.82. The number of nitrogens with zero attached hydrogens (tertiary/aromatic N) is 7. The third kappa shape index (κ3) is 3.92. The van der Waals surface area contributed by atoms with Gasteiger partial charge in [-0.2, -0.15) is 9.78 Å². The summed E-state index contributed by atoms with van der Waals surface area (Å²) in [6.07, 6.45) is 2.85. The van der Waals surface area contributed by atoms with Crippen molar-refractivity contribution in [3.05, 3.63) is 58.8 Å². The summed E-state index contributed by atoms with van der Waals surface area (Å²) in [7, 11) is 1.51. The summed E-state index contributed by atoms with van der Waals surface area (Å²) in [4.78, 5) is 22.7. The standard InChI is InChI=1S/C18H16F2N8O2/c1-10(8-28-23-9-22-26-28)24-18-21-7-11-5-15(17(29)27(2)16(11)25-18)30-14-4-3-12(19)6-13(14)20/h3-7,9-10H,8H2,1-2H3,(H,21,24,25)/t10-/m1/s1. The molecule has 4 aromatic rings. The van der Waals surface area contributed by atoms with Crippen molar-refractivity contribution in [1.29, 1.82) is 0 Å². The highest BCUT2D eigenvalue weighted by molar-refractivity contribution is 5.76.